The van der Waals surface area contributed by atoms with Crippen LogP contribution in [0.2, 0.25) is 5.02 Å². The summed E-state index contributed by atoms with van der Waals surface area (Å²) >= 11 is 5.73. The number of hydrogen-bond donors (Lipinski definition) is 1. The highest BCUT2D eigenvalue weighted by Crippen LogP contribution is 2.30. The molecule has 0 aliphatic rings. The molecule has 0 spiro atoms. The van der Waals surface area contributed by atoms with Crippen LogP contribution in [-0.2, 0) is 4.79 Å². The van der Waals surface area contributed by atoms with Crippen molar-refractivity contribution < 1.29 is 19.2 Å². The lowest BCUT2D eigenvalue weighted by Gasteiger charge is -2.11. The lowest BCUT2D eigenvalue weighted by molar-refractivity contribution is -0.385. The molecule has 1 N–H and O–H groups in total. The number of benzene rings is 2. The maximum Gasteiger partial charge on any atom is 0.312 e. The van der Waals surface area contributed by atoms with Crippen molar-refractivity contribution >= 4 is 28.9 Å². The molecule has 24 heavy (non-hydrogen) atoms. The number of nitrogens with one attached hydrogen (secondary N) is 1. The normalized spacial score (nSPS) is 10.1. The van der Waals surface area contributed by atoms with Crippen LogP contribution in [-0.4, -0.2) is 24.5 Å². The molecular formula is C16H15ClN2O5. The summed E-state index contributed by atoms with van der Waals surface area (Å²) in [6, 6.07) is 9.30. The molecule has 0 bridgehead atoms. The van der Waals surface area contributed by atoms with Gasteiger partial charge < -0.3 is 14.8 Å². The monoisotopic (exact) mass is 350 g/mol. The maximum absolute atomic E-state index is 12.0. The van der Waals surface area contributed by atoms with Gasteiger partial charge in [-0.1, -0.05) is 17.7 Å². The van der Waals surface area contributed by atoms with Crippen LogP contribution in [0.25, 0.3) is 0 Å². The molecule has 0 aliphatic heterocycles. The SMILES string of the molecule is COc1ccc(C)cc1NC(=O)COc1ccc(Cl)cc1[N+](=O)[O-]. The van der Waals surface area contributed by atoms with Gasteiger partial charge in [-0.3, -0.25) is 14.9 Å². The van der Waals surface area contributed by atoms with Crippen molar-refractivity contribution in [3.8, 4) is 11.5 Å². The van der Waals surface area contributed by atoms with Crippen molar-refractivity contribution in [2.45, 2.75) is 6.92 Å². The van der Waals surface area contributed by atoms with Crippen molar-refractivity contribution in [2.75, 3.05) is 19.0 Å². The first kappa shape index (κ1) is 17.6. The van der Waals surface area contributed by atoms with E-state index in [9.17, 15) is 14.9 Å². The summed E-state index contributed by atoms with van der Waals surface area (Å²) in [6.45, 7) is 1.49. The van der Waals surface area contributed by atoms with E-state index in [-0.39, 0.29) is 23.1 Å². The average molecular weight is 351 g/mol. The largest absolute Gasteiger partial charge is 0.495 e. The zero-order valence-electron chi connectivity index (χ0n) is 13.0. The lowest BCUT2D eigenvalue weighted by Crippen LogP contribution is -2.20. The van der Waals surface area contributed by atoms with Gasteiger partial charge in [0.05, 0.1) is 17.7 Å². The van der Waals surface area contributed by atoms with Crippen LogP contribution >= 0.6 is 11.6 Å². The molecule has 0 unspecified atom stereocenters. The minimum absolute atomic E-state index is 0.0317. The molecule has 0 aromatic heterocycles. The third-order valence-corrected chi connectivity index (χ3v) is 3.34. The highest BCUT2D eigenvalue weighted by molar-refractivity contribution is 6.30. The molecular weight excluding hydrogens is 336 g/mol. The molecule has 0 radical (unpaired) electrons. The average Bonchev–Trinajstić information content (AvgIpc) is 2.53. The molecule has 0 aliphatic carbocycles. The summed E-state index contributed by atoms with van der Waals surface area (Å²) in [5.74, 6) is 0.00493. The Kier molecular flexibility index (Phi) is 5.59. The number of aryl methyl sites for hydroxylation is 1. The van der Waals surface area contributed by atoms with E-state index in [1.807, 2.05) is 13.0 Å². The van der Waals surface area contributed by atoms with Gasteiger partial charge in [-0.25, -0.2) is 0 Å². The predicted molar refractivity (Wildman–Crippen MR) is 90.0 cm³/mol. The Labute approximate surface area is 143 Å². The maximum atomic E-state index is 12.0. The molecule has 2 aromatic carbocycles. The fourth-order valence-electron chi connectivity index (χ4n) is 2.00. The number of nitro groups is 1. The first-order chi connectivity index (χ1) is 11.4. The summed E-state index contributed by atoms with van der Waals surface area (Å²) in [6.07, 6.45) is 0. The minimum Gasteiger partial charge on any atom is -0.495 e. The number of methoxy groups -OCH3 is 1. The zero-order chi connectivity index (χ0) is 17.7. The summed E-state index contributed by atoms with van der Waals surface area (Å²) in [7, 11) is 1.49. The molecule has 126 valence electrons. The van der Waals surface area contributed by atoms with Crippen LogP contribution in [0.4, 0.5) is 11.4 Å². The van der Waals surface area contributed by atoms with Crippen molar-refractivity contribution in [1.29, 1.82) is 0 Å². The third-order valence-electron chi connectivity index (χ3n) is 3.11. The summed E-state index contributed by atoms with van der Waals surface area (Å²) < 4.78 is 10.4. The van der Waals surface area contributed by atoms with Crippen LogP contribution in [0.5, 0.6) is 11.5 Å². The van der Waals surface area contributed by atoms with Gasteiger partial charge in [0.2, 0.25) is 0 Å². The Balaban J connectivity index is 2.07. The van der Waals surface area contributed by atoms with Crippen molar-refractivity contribution in [3.05, 3.63) is 57.1 Å². The van der Waals surface area contributed by atoms with E-state index in [1.165, 1.54) is 25.3 Å². The molecule has 0 saturated carbocycles. The molecule has 2 rings (SSSR count). The Morgan fingerprint density at radius 1 is 1.25 bits per heavy atom. The topological polar surface area (TPSA) is 90.7 Å². The van der Waals surface area contributed by atoms with Crippen LogP contribution in [0, 0.1) is 17.0 Å². The van der Waals surface area contributed by atoms with E-state index < -0.39 is 10.8 Å². The number of ether oxygens (including phenoxy) is 2. The van der Waals surface area contributed by atoms with E-state index in [0.717, 1.165) is 5.56 Å². The molecule has 8 heteroatoms. The van der Waals surface area contributed by atoms with Crippen molar-refractivity contribution in [2.24, 2.45) is 0 Å². The third kappa shape index (κ3) is 4.36. The standard InChI is InChI=1S/C16H15ClN2O5/c1-10-3-5-14(23-2)12(7-10)18-16(20)9-24-15-6-4-11(17)8-13(15)19(21)22/h3-8H,9H2,1-2H3,(H,18,20). The fourth-order valence-corrected chi connectivity index (χ4v) is 2.17. The van der Waals surface area contributed by atoms with Gasteiger partial charge in [0.25, 0.3) is 5.91 Å². The van der Waals surface area contributed by atoms with Crippen molar-refractivity contribution in [3.63, 3.8) is 0 Å². The number of carbonyl (C=O) groups is 1. The second-order valence-corrected chi connectivity index (χ2v) is 5.35. The highest BCUT2D eigenvalue weighted by atomic mass is 35.5. The van der Waals surface area contributed by atoms with E-state index in [2.05, 4.69) is 5.32 Å². The van der Waals surface area contributed by atoms with Gasteiger partial charge >= 0.3 is 5.69 Å². The Bertz CT molecular complexity index is 779. The Morgan fingerprint density at radius 3 is 2.62 bits per heavy atom. The van der Waals surface area contributed by atoms with Gasteiger partial charge in [0, 0.05) is 11.1 Å². The number of nitro benzene ring substituents is 1. The molecule has 1 amide bonds. The smallest absolute Gasteiger partial charge is 0.312 e. The van der Waals surface area contributed by atoms with E-state index in [1.54, 1.807) is 12.1 Å². The summed E-state index contributed by atoms with van der Waals surface area (Å²) in [5, 5.41) is 13.8. The van der Waals surface area contributed by atoms with Crippen LogP contribution in [0.3, 0.4) is 0 Å². The van der Waals surface area contributed by atoms with Gasteiger partial charge in [0.1, 0.15) is 5.75 Å². The van der Waals surface area contributed by atoms with E-state index in [0.29, 0.717) is 11.4 Å². The van der Waals surface area contributed by atoms with E-state index in [4.69, 9.17) is 21.1 Å². The van der Waals surface area contributed by atoms with Gasteiger partial charge in [-0.15, -0.1) is 0 Å². The zero-order valence-corrected chi connectivity index (χ0v) is 13.8. The Hall–Kier alpha value is -2.80. The van der Waals surface area contributed by atoms with Gasteiger partial charge in [-0.05, 0) is 36.8 Å². The number of nitrogens with zero attached hydrogens (tertiary/aromatic N) is 1. The minimum atomic E-state index is -0.622. The second-order valence-electron chi connectivity index (χ2n) is 4.91. The highest BCUT2D eigenvalue weighted by Gasteiger charge is 2.17. The summed E-state index contributed by atoms with van der Waals surface area (Å²) in [5.41, 5.74) is 1.14. The molecule has 0 saturated heterocycles. The quantitative estimate of drug-likeness (QED) is 0.635. The first-order valence-corrected chi connectivity index (χ1v) is 7.29. The van der Waals surface area contributed by atoms with Gasteiger partial charge in [0.15, 0.2) is 12.4 Å². The van der Waals surface area contributed by atoms with Crippen LogP contribution < -0.4 is 14.8 Å². The number of halogens is 1. The van der Waals surface area contributed by atoms with Crippen molar-refractivity contribution in [1.82, 2.24) is 0 Å². The number of carbonyl (C=O) groups excluding carboxylic acids is 1. The number of rotatable bonds is 6. The van der Waals surface area contributed by atoms with Crippen LogP contribution in [0.15, 0.2) is 36.4 Å². The van der Waals surface area contributed by atoms with E-state index >= 15 is 0 Å². The second kappa shape index (κ2) is 7.65. The number of hydrogen-bond acceptors (Lipinski definition) is 5. The summed E-state index contributed by atoms with van der Waals surface area (Å²) in [4.78, 5) is 22.4. The first-order valence-electron chi connectivity index (χ1n) is 6.92. The molecule has 0 fully saturated rings. The Morgan fingerprint density at radius 2 is 1.96 bits per heavy atom. The number of amides is 1. The van der Waals surface area contributed by atoms with Gasteiger partial charge in [-0.2, -0.15) is 0 Å². The fraction of sp³-hybridized carbons (Fsp3) is 0.188. The lowest BCUT2D eigenvalue weighted by atomic mass is 10.2. The molecule has 0 atom stereocenters. The predicted octanol–water partition coefficient (Wildman–Crippen LogP) is 3.58. The number of anilines is 1. The molecule has 0 heterocycles. The molecule has 2 aromatic rings. The molecule has 7 nitrogen and oxygen atoms in total. The van der Waals surface area contributed by atoms with Crippen LogP contribution in [0.1, 0.15) is 5.56 Å².